The van der Waals surface area contributed by atoms with E-state index in [1.54, 1.807) is 12.1 Å². The molecule has 31 heavy (non-hydrogen) atoms. The van der Waals surface area contributed by atoms with Crippen molar-refractivity contribution < 1.29 is 32.2 Å². The Balaban J connectivity index is 1.51. The van der Waals surface area contributed by atoms with Gasteiger partial charge in [-0.1, -0.05) is 28.6 Å². The first-order valence-electron chi connectivity index (χ1n) is 8.47. The van der Waals surface area contributed by atoms with Crippen LogP contribution in [0.2, 0.25) is 0 Å². The fourth-order valence-electron chi connectivity index (χ4n) is 2.60. The van der Waals surface area contributed by atoms with Gasteiger partial charge < -0.3 is 19.6 Å². The number of hydrogen-bond donors (Lipinski definition) is 2. The molecule has 0 saturated carbocycles. The minimum atomic E-state index is -4.62. The molecule has 12 heteroatoms. The zero-order valence-electron chi connectivity index (χ0n) is 15.1. The summed E-state index contributed by atoms with van der Waals surface area (Å²) in [6.45, 7) is 0. The molecule has 0 unspecified atom stereocenters. The molecule has 0 atom stereocenters. The molecule has 158 valence electrons. The minimum Gasteiger partial charge on any atom is -0.506 e. The summed E-state index contributed by atoms with van der Waals surface area (Å²) in [7, 11) is 0. The molecule has 0 aliphatic carbocycles. The Labute approximate surface area is 174 Å². The second kappa shape index (κ2) is 7.72. The Morgan fingerprint density at radius 3 is 2.48 bits per heavy atom. The van der Waals surface area contributed by atoms with Crippen LogP contribution in [-0.4, -0.2) is 21.2 Å². The van der Waals surface area contributed by atoms with E-state index >= 15 is 0 Å². The van der Waals surface area contributed by atoms with Crippen molar-refractivity contribution in [3.8, 4) is 16.7 Å². The quantitative estimate of drug-likeness (QED) is 0.444. The van der Waals surface area contributed by atoms with Crippen LogP contribution in [0.15, 0.2) is 57.7 Å². The molecule has 4 rings (SSSR count). The maximum Gasteiger partial charge on any atom is 0.445 e. The highest BCUT2D eigenvalue weighted by atomic mass is 32.1. The van der Waals surface area contributed by atoms with Gasteiger partial charge in [-0.05, 0) is 36.4 Å². The van der Waals surface area contributed by atoms with Gasteiger partial charge in [-0.25, -0.2) is 4.79 Å². The third-order valence-corrected chi connectivity index (χ3v) is 4.83. The summed E-state index contributed by atoms with van der Waals surface area (Å²) >= 11 is 0.239. The Kier molecular flexibility index (Phi) is 5.07. The van der Waals surface area contributed by atoms with Crippen molar-refractivity contribution in [1.82, 2.24) is 10.2 Å². The van der Waals surface area contributed by atoms with Crippen LogP contribution >= 0.6 is 11.3 Å². The number of carbonyl (C=O) groups is 1. The molecule has 2 heterocycles. The van der Waals surface area contributed by atoms with Crippen molar-refractivity contribution in [2.24, 2.45) is 0 Å². The second-order valence-electron chi connectivity index (χ2n) is 6.06. The Morgan fingerprint density at radius 1 is 1.10 bits per heavy atom. The minimum absolute atomic E-state index is 0.133. The Hall–Kier alpha value is -3.93. The van der Waals surface area contributed by atoms with Crippen molar-refractivity contribution >= 4 is 33.9 Å². The lowest BCUT2D eigenvalue weighted by molar-refractivity contribution is -0.138. The van der Waals surface area contributed by atoms with E-state index in [-0.39, 0.29) is 38.9 Å². The summed E-state index contributed by atoms with van der Waals surface area (Å²) in [6, 6.07) is 11.7. The molecule has 0 saturated heterocycles. The zero-order chi connectivity index (χ0) is 22.2. The van der Waals surface area contributed by atoms with Crippen LogP contribution in [0.5, 0.6) is 16.7 Å². The van der Waals surface area contributed by atoms with Gasteiger partial charge in [0.1, 0.15) is 17.1 Å². The third-order valence-electron chi connectivity index (χ3n) is 3.98. The van der Waals surface area contributed by atoms with Gasteiger partial charge in [-0.3, -0.25) is 4.79 Å². The van der Waals surface area contributed by atoms with E-state index in [0.717, 1.165) is 0 Å². The smallest absolute Gasteiger partial charge is 0.445 e. The molecule has 0 aliphatic heterocycles. The summed E-state index contributed by atoms with van der Waals surface area (Å²) in [5, 5.41) is 17.8. The van der Waals surface area contributed by atoms with Gasteiger partial charge in [0.15, 0.2) is 5.56 Å². The summed E-state index contributed by atoms with van der Waals surface area (Å²) < 4.78 is 48.0. The van der Waals surface area contributed by atoms with Gasteiger partial charge in [0.05, 0.1) is 5.39 Å². The standard InChI is InChI=1S/C19H10F3N3O5S/c20-19(21,22)17-24-25-18(31-17)29-10-7-5-9(6-8-10)23-15(27)13-14(26)11-3-1-2-4-12(11)30-16(13)28/h1-8,26H,(H,23,27). The average Bonchev–Trinajstić information content (AvgIpc) is 3.18. The maximum absolute atomic E-state index is 12.6. The molecular weight excluding hydrogens is 439 g/mol. The number of alkyl halides is 3. The number of hydrogen-bond acceptors (Lipinski definition) is 8. The molecule has 4 aromatic rings. The van der Waals surface area contributed by atoms with E-state index in [0.29, 0.717) is 0 Å². The number of rotatable bonds is 4. The largest absolute Gasteiger partial charge is 0.506 e. The highest BCUT2D eigenvalue weighted by Crippen LogP contribution is 2.35. The molecule has 0 bridgehead atoms. The number of halogens is 3. The predicted octanol–water partition coefficient (Wildman–Crippen LogP) is 4.41. The predicted molar refractivity (Wildman–Crippen MR) is 104 cm³/mol. The number of fused-ring (bicyclic) bond motifs is 1. The summed E-state index contributed by atoms with van der Waals surface area (Å²) in [5.41, 5.74) is -1.20. The number of para-hydroxylation sites is 1. The van der Waals surface area contributed by atoms with Crippen LogP contribution in [0.4, 0.5) is 18.9 Å². The average molecular weight is 449 g/mol. The number of aromatic hydroxyl groups is 1. The zero-order valence-corrected chi connectivity index (χ0v) is 16.0. The molecular formula is C19H10F3N3O5S. The fraction of sp³-hybridized carbons (Fsp3) is 0.0526. The van der Waals surface area contributed by atoms with Crippen LogP contribution in [0, 0.1) is 0 Å². The number of ether oxygens (including phenoxy) is 1. The topological polar surface area (TPSA) is 115 Å². The van der Waals surface area contributed by atoms with Crippen LogP contribution < -0.4 is 15.7 Å². The highest BCUT2D eigenvalue weighted by Gasteiger charge is 2.36. The number of anilines is 1. The number of benzene rings is 2. The van der Waals surface area contributed by atoms with E-state index in [9.17, 15) is 27.9 Å². The molecule has 8 nitrogen and oxygen atoms in total. The van der Waals surface area contributed by atoms with E-state index in [2.05, 4.69) is 15.5 Å². The van der Waals surface area contributed by atoms with Crippen LogP contribution in [0.3, 0.4) is 0 Å². The van der Waals surface area contributed by atoms with Gasteiger partial charge in [-0.15, -0.1) is 5.10 Å². The van der Waals surface area contributed by atoms with Crippen LogP contribution in [0.25, 0.3) is 11.0 Å². The van der Waals surface area contributed by atoms with E-state index < -0.39 is 34.0 Å². The van der Waals surface area contributed by atoms with Crippen LogP contribution in [0.1, 0.15) is 15.4 Å². The first kappa shape index (κ1) is 20.3. The second-order valence-corrected chi connectivity index (χ2v) is 7.00. The first-order valence-corrected chi connectivity index (χ1v) is 9.29. The van der Waals surface area contributed by atoms with Crippen LogP contribution in [-0.2, 0) is 6.18 Å². The molecule has 1 amide bonds. The van der Waals surface area contributed by atoms with E-state index in [1.807, 2.05) is 0 Å². The number of nitrogens with zero attached hydrogens (tertiary/aromatic N) is 2. The summed E-state index contributed by atoms with van der Waals surface area (Å²) in [4.78, 5) is 24.6. The molecule has 0 fully saturated rings. The molecule has 0 spiro atoms. The Morgan fingerprint density at radius 2 is 1.81 bits per heavy atom. The summed E-state index contributed by atoms with van der Waals surface area (Å²) in [5.74, 6) is -1.26. The van der Waals surface area contributed by atoms with Crippen molar-refractivity contribution in [2.45, 2.75) is 6.18 Å². The monoisotopic (exact) mass is 449 g/mol. The van der Waals surface area contributed by atoms with Gasteiger partial charge in [-0.2, -0.15) is 13.2 Å². The molecule has 2 aromatic heterocycles. The lowest BCUT2D eigenvalue weighted by atomic mass is 10.1. The SMILES string of the molecule is O=C(Nc1ccc(Oc2nnc(C(F)(F)F)s2)cc1)c1c(O)c2ccccc2oc1=O. The molecule has 0 aliphatic rings. The van der Waals surface area contributed by atoms with E-state index in [4.69, 9.17) is 9.15 Å². The van der Waals surface area contributed by atoms with Gasteiger partial charge in [0.2, 0.25) is 5.01 Å². The van der Waals surface area contributed by atoms with Crippen molar-refractivity contribution in [3.05, 3.63) is 69.5 Å². The van der Waals surface area contributed by atoms with Crippen molar-refractivity contribution in [2.75, 3.05) is 5.32 Å². The normalized spacial score (nSPS) is 11.5. The number of amides is 1. The maximum atomic E-state index is 12.6. The molecule has 2 N–H and O–H groups in total. The van der Waals surface area contributed by atoms with Crippen molar-refractivity contribution in [3.63, 3.8) is 0 Å². The number of aromatic nitrogens is 2. The number of nitrogens with one attached hydrogen (secondary N) is 1. The summed E-state index contributed by atoms with van der Waals surface area (Å²) in [6.07, 6.45) is -4.62. The first-order chi connectivity index (χ1) is 14.7. The Bertz CT molecular complexity index is 1330. The fourth-order valence-corrected chi connectivity index (χ4v) is 3.18. The van der Waals surface area contributed by atoms with Gasteiger partial charge in [0.25, 0.3) is 11.1 Å². The van der Waals surface area contributed by atoms with Gasteiger partial charge in [0, 0.05) is 5.69 Å². The lowest BCUT2D eigenvalue weighted by Gasteiger charge is -2.08. The molecule has 0 radical (unpaired) electrons. The third kappa shape index (κ3) is 4.19. The lowest BCUT2D eigenvalue weighted by Crippen LogP contribution is -2.21. The number of carbonyl (C=O) groups excluding carboxylic acids is 1. The van der Waals surface area contributed by atoms with Gasteiger partial charge >= 0.3 is 11.8 Å². The van der Waals surface area contributed by atoms with E-state index in [1.165, 1.54) is 36.4 Å². The highest BCUT2D eigenvalue weighted by molar-refractivity contribution is 7.13. The van der Waals surface area contributed by atoms with Crippen molar-refractivity contribution in [1.29, 1.82) is 0 Å². The molecule has 2 aromatic carbocycles.